The summed E-state index contributed by atoms with van der Waals surface area (Å²) < 4.78 is 12.2. The van der Waals surface area contributed by atoms with E-state index in [1.807, 2.05) is 20.8 Å². The minimum atomic E-state index is -1.14. The quantitative estimate of drug-likeness (QED) is 0.668. The number of carbonyl (C=O) groups excluding carboxylic acids is 1. The van der Waals surface area contributed by atoms with Gasteiger partial charge in [-0.1, -0.05) is 51.5 Å². The number of Topliss-reactive ketones (excluding diaryl/α,β-unsaturated/α-hetero) is 1. The number of ether oxygens (including phenoxy) is 2. The Hall–Kier alpha value is -1.01. The van der Waals surface area contributed by atoms with Gasteiger partial charge >= 0.3 is 0 Å². The van der Waals surface area contributed by atoms with Crippen LogP contribution in [0, 0.1) is 28.6 Å². The Morgan fingerprint density at radius 3 is 2.73 bits per heavy atom. The third-order valence-electron chi connectivity index (χ3n) is 8.98. The fraction of sp³-hybridized carbons (Fsp3) is 0.800. The molecule has 5 nitrogen and oxygen atoms in total. The molecule has 5 heteroatoms. The average Bonchev–Trinajstić information content (AvgIpc) is 3.18. The van der Waals surface area contributed by atoms with Gasteiger partial charge < -0.3 is 19.7 Å². The van der Waals surface area contributed by atoms with Crippen molar-refractivity contribution in [3.8, 4) is 0 Å². The van der Waals surface area contributed by atoms with E-state index in [1.54, 1.807) is 0 Å². The first-order valence-electron chi connectivity index (χ1n) is 11.8. The molecular formula is C25H38O5. The highest BCUT2D eigenvalue weighted by Crippen LogP contribution is 2.69. The molecule has 2 N–H and O–H groups in total. The zero-order valence-corrected chi connectivity index (χ0v) is 19.1. The van der Waals surface area contributed by atoms with Crippen molar-refractivity contribution in [1.29, 1.82) is 0 Å². The molecule has 168 valence electrons. The molecule has 5 rings (SSSR count). The van der Waals surface area contributed by atoms with E-state index in [0.29, 0.717) is 12.3 Å². The summed E-state index contributed by atoms with van der Waals surface area (Å²) in [5, 5.41) is 21.2. The van der Waals surface area contributed by atoms with Crippen LogP contribution in [0.2, 0.25) is 0 Å². The first-order valence-corrected chi connectivity index (χ1v) is 11.8. The highest BCUT2D eigenvalue weighted by Gasteiger charge is 2.75. The second kappa shape index (κ2) is 7.54. The molecule has 1 heterocycles. The van der Waals surface area contributed by atoms with Gasteiger partial charge in [0.1, 0.15) is 6.61 Å². The van der Waals surface area contributed by atoms with Crippen LogP contribution >= 0.6 is 0 Å². The summed E-state index contributed by atoms with van der Waals surface area (Å²) in [5.74, 6) is 0.412. The summed E-state index contributed by atoms with van der Waals surface area (Å²) in [6.45, 7) is 9.64. The molecule has 1 unspecified atom stereocenters. The van der Waals surface area contributed by atoms with E-state index in [0.717, 1.165) is 25.7 Å². The molecular weight excluding hydrogens is 380 g/mol. The second-order valence-electron chi connectivity index (χ2n) is 10.0. The Kier molecular flexibility index (Phi) is 5.58. The van der Waals surface area contributed by atoms with Crippen LogP contribution in [-0.4, -0.2) is 46.7 Å². The van der Waals surface area contributed by atoms with Crippen LogP contribution in [0.15, 0.2) is 23.8 Å². The predicted octanol–water partition coefficient (Wildman–Crippen LogP) is 3.78. The van der Waals surface area contributed by atoms with Crippen molar-refractivity contribution in [3.05, 3.63) is 23.8 Å². The molecule has 1 aliphatic heterocycles. The van der Waals surface area contributed by atoms with Crippen molar-refractivity contribution < 1.29 is 24.5 Å². The number of ketones is 1. The lowest BCUT2D eigenvalue weighted by Gasteiger charge is -2.59. The summed E-state index contributed by atoms with van der Waals surface area (Å²) in [7, 11) is 0. The molecule has 30 heavy (non-hydrogen) atoms. The van der Waals surface area contributed by atoms with Gasteiger partial charge in [0.15, 0.2) is 17.7 Å². The van der Waals surface area contributed by atoms with Crippen molar-refractivity contribution in [2.45, 2.75) is 90.8 Å². The minimum Gasteiger partial charge on any atom is -0.393 e. The lowest BCUT2D eigenvalue weighted by Crippen LogP contribution is -2.63. The number of aliphatic hydroxyl groups excluding tert-OH is 2. The lowest BCUT2D eigenvalue weighted by molar-refractivity contribution is -0.197. The molecule has 5 aliphatic rings. The van der Waals surface area contributed by atoms with Crippen molar-refractivity contribution in [3.63, 3.8) is 0 Å². The third-order valence-corrected chi connectivity index (χ3v) is 8.98. The van der Waals surface area contributed by atoms with Gasteiger partial charge in [-0.2, -0.15) is 0 Å². The van der Waals surface area contributed by atoms with Crippen molar-refractivity contribution in [2.24, 2.45) is 28.6 Å². The van der Waals surface area contributed by atoms with Crippen molar-refractivity contribution in [2.75, 3.05) is 6.61 Å². The number of allylic oxidation sites excluding steroid dienone is 4. The van der Waals surface area contributed by atoms with Gasteiger partial charge in [-0.05, 0) is 50.9 Å². The van der Waals surface area contributed by atoms with Crippen LogP contribution in [0.1, 0.15) is 66.7 Å². The first-order chi connectivity index (χ1) is 14.3. The third kappa shape index (κ3) is 2.65. The Labute approximate surface area is 180 Å². The standard InChI is InChI=1S/C23H32O5.C2H6/c1-13-27-19-10-16-15-8-7-14-6-4-5-9-21(14,2)20(15)17(25)11-22(16,3)23(19,28-13)18(26)12-24;1-2/h5-6,9,13,15-17,19-20,24-25H,4,7-8,10-12H2,1-3H3;1-2H3/t13?,15-,16-,17-,19+,20+,21-,22-,23+;/m0./s1. The maximum Gasteiger partial charge on any atom is 0.193 e. The van der Waals surface area contributed by atoms with E-state index in [4.69, 9.17) is 9.47 Å². The monoisotopic (exact) mass is 418 g/mol. The first kappa shape index (κ1) is 22.2. The normalized spacial score (nSPS) is 51.0. The highest BCUT2D eigenvalue weighted by atomic mass is 16.7. The SMILES string of the molecule is CC.CC1O[C@@H]2C[C@H]3[C@@H]4CCC5=CCC=C[C@]5(C)[C@H]4[C@@H](O)C[C@]3(C)[C@]2(C(=O)CO)O1. The van der Waals surface area contributed by atoms with Gasteiger partial charge in [-0.25, -0.2) is 0 Å². The smallest absolute Gasteiger partial charge is 0.193 e. The van der Waals surface area contributed by atoms with E-state index in [-0.39, 0.29) is 29.1 Å². The molecule has 0 aromatic rings. The topological polar surface area (TPSA) is 76.0 Å². The molecule has 0 aromatic carbocycles. The second-order valence-corrected chi connectivity index (χ2v) is 10.0. The molecule has 1 saturated heterocycles. The molecule has 0 spiro atoms. The van der Waals surface area contributed by atoms with Crippen LogP contribution in [-0.2, 0) is 14.3 Å². The van der Waals surface area contributed by atoms with Crippen LogP contribution in [0.5, 0.6) is 0 Å². The van der Waals surface area contributed by atoms with E-state index < -0.39 is 30.0 Å². The summed E-state index contributed by atoms with van der Waals surface area (Å²) >= 11 is 0. The number of rotatable bonds is 2. The molecule has 4 fully saturated rings. The molecule has 0 aromatic heterocycles. The van der Waals surface area contributed by atoms with Gasteiger partial charge in [-0.15, -0.1) is 0 Å². The summed E-state index contributed by atoms with van der Waals surface area (Å²) in [6, 6.07) is 0. The van der Waals surface area contributed by atoms with Crippen LogP contribution < -0.4 is 0 Å². The Bertz CT molecular complexity index is 759. The largest absolute Gasteiger partial charge is 0.393 e. The number of fused-ring (bicyclic) bond motifs is 7. The molecule has 0 radical (unpaired) electrons. The number of aliphatic hydroxyl groups is 2. The maximum absolute atomic E-state index is 13.0. The molecule has 0 bridgehead atoms. The molecule has 9 atom stereocenters. The zero-order valence-electron chi connectivity index (χ0n) is 19.1. The highest BCUT2D eigenvalue weighted by molar-refractivity contribution is 5.91. The van der Waals surface area contributed by atoms with E-state index in [1.165, 1.54) is 5.57 Å². The minimum absolute atomic E-state index is 0.108. The predicted molar refractivity (Wildman–Crippen MR) is 115 cm³/mol. The van der Waals surface area contributed by atoms with Gasteiger partial charge in [0.25, 0.3) is 0 Å². The van der Waals surface area contributed by atoms with Crippen LogP contribution in [0.3, 0.4) is 0 Å². The van der Waals surface area contributed by atoms with Gasteiger partial charge in [0.2, 0.25) is 0 Å². The van der Waals surface area contributed by atoms with E-state index in [9.17, 15) is 15.0 Å². The fourth-order valence-corrected chi connectivity index (χ4v) is 8.01. The van der Waals surface area contributed by atoms with Crippen LogP contribution in [0.4, 0.5) is 0 Å². The fourth-order valence-electron chi connectivity index (χ4n) is 8.01. The Morgan fingerprint density at radius 2 is 2.03 bits per heavy atom. The molecule has 0 amide bonds. The maximum atomic E-state index is 13.0. The van der Waals surface area contributed by atoms with Gasteiger partial charge in [-0.3, -0.25) is 4.79 Å². The number of hydrogen-bond acceptors (Lipinski definition) is 5. The summed E-state index contributed by atoms with van der Waals surface area (Å²) in [4.78, 5) is 13.0. The lowest BCUT2D eigenvalue weighted by atomic mass is 9.46. The summed E-state index contributed by atoms with van der Waals surface area (Å²) in [5.41, 5.74) is -0.321. The van der Waals surface area contributed by atoms with Crippen molar-refractivity contribution in [1.82, 2.24) is 0 Å². The summed E-state index contributed by atoms with van der Waals surface area (Å²) in [6.07, 6.45) is 9.89. The molecule has 4 aliphatic carbocycles. The van der Waals surface area contributed by atoms with Crippen molar-refractivity contribution >= 4 is 5.78 Å². The van der Waals surface area contributed by atoms with E-state index in [2.05, 4.69) is 32.1 Å². The Morgan fingerprint density at radius 1 is 1.30 bits per heavy atom. The zero-order chi connectivity index (χ0) is 21.9. The average molecular weight is 419 g/mol. The Balaban J connectivity index is 0.00000106. The molecule has 3 saturated carbocycles. The van der Waals surface area contributed by atoms with Crippen LogP contribution in [0.25, 0.3) is 0 Å². The number of carbonyl (C=O) groups is 1. The number of hydrogen-bond donors (Lipinski definition) is 2. The van der Waals surface area contributed by atoms with Gasteiger partial charge in [0, 0.05) is 16.7 Å². The van der Waals surface area contributed by atoms with E-state index >= 15 is 0 Å². The van der Waals surface area contributed by atoms with Gasteiger partial charge in [0.05, 0.1) is 12.2 Å².